The summed E-state index contributed by atoms with van der Waals surface area (Å²) in [4.78, 5) is 26.6. The van der Waals surface area contributed by atoms with Crippen LogP contribution in [0.4, 0.5) is 4.79 Å². The van der Waals surface area contributed by atoms with Crippen molar-refractivity contribution in [1.82, 2.24) is 15.5 Å². The van der Waals surface area contributed by atoms with Gasteiger partial charge in [0.15, 0.2) is 0 Å². The molecular formula is C12H15N3O2S. The molecule has 3 amide bonds. The highest BCUT2D eigenvalue weighted by molar-refractivity contribution is 7.09. The Morgan fingerprint density at radius 3 is 2.89 bits per heavy atom. The highest BCUT2D eigenvalue weighted by atomic mass is 32.1. The topological polar surface area (TPSA) is 61.4 Å². The Hall–Kier alpha value is -1.56. The van der Waals surface area contributed by atoms with Gasteiger partial charge < -0.3 is 15.5 Å². The van der Waals surface area contributed by atoms with Gasteiger partial charge in [0.1, 0.15) is 6.04 Å². The summed E-state index contributed by atoms with van der Waals surface area (Å²) in [5.74, 6) is 0.0317. The van der Waals surface area contributed by atoms with Crippen molar-refractivity contribution in [3.63, 3.8) is 0 Å². The maximum Gasteiger partial charge on any atom is 0.315 e. The predicted molar refractivity (Wildman–Crippen MR) is 68.2 cm³/mol. The molecule has 6 heteroatoms. The molecule has 1 aliphatic heterocycles. The molecule has 2 heterocycles. The third-order valence-electron chi connectivity index (χ3n) is 3.25. The van der Waals surface area contributed by atoms with Crippen molar-refractivity contribution in [3.05, 3.63) is 22.4 Å². The first-order valence-corrected chi connectivity index (χ1v) is 6.99. The Bertz CT molecular complexity index is 456. The van der Waals surface area contributed by atoms with Crippen LogP contribution in [0.15, 0.2) is 17.5 Å². The van der Waals surface area contributed by atoms with Crippen LogP contribution in [-0.4, -0.2) is 35.5 Å². The predicted octanol–water partition coefficient (Wildman–Crippen LogP) is 0.920. The van der Waals surface area contributed by atoms with Crippen LogP contribution in [-0.2, 0) is 11.3 Å². The largest absolute Gasteiger partial charge is 0.336 e. The molecule has 0 aromatic carbocycles. The van der Waals surface area contributed by atoms with Crippen LogP contribution >= 0.6 is 11.3 Å². The van der Waals surface area contributed by atoms with Crippen LogP contribution in [0.1, 0.15) is 17.7 Å². The van der Waals surface area contributed by atoms with Gasteiger partial charge in [-0.3, -0.25) is 4.79 Å². The minimum atomic E-state index is -0.405. The molecule has 1 aliphatic carbocycles. The molecule has 0 unspecified atom stereocenters. The molecule has 1 aromatic heterocycles. The number of thiophene rings is 1. The number of amides is 3. The van der Waals surface area contributed by atoms with Gasteiger partial charge in [0, 0.05) is 17.5 Å². The zero-order chi connectivity index (χ0) is 12.5. The molecule has 2 N–H and O–H groups in total. The van der Waals surface area contributed by atoms with Gasteiger partial charge in [-0.2, -0.15) is 0 Å². The number of rotatable bonds is 4. The molecule has 1 saturated heterocycles. The molecular weight excluding hydrogens is 250 g/mol. The quantitative estimate of drug-likeness (QED) is 0.850. The standard InChI is InChI=1S/C12H15N3O2S/c16-11(10-6-13-12(17)14-10)15(8-3-4-8)7-9-2-1-5-18-9/h1-2,5,8,10H,3-4,6-7H2,(H2,13,14,17)/t10-/m0/s1. The monoisotopic (exact) mass is 265 g/mol. The lowest BCUT2D eigenvalue weighted by Gasteiger charge is -2.24. The Balaban J connectivity index is 1.69. The highest BCUT2D eigenvalue weighted by Gasteiger charge is 2.38. The fourth-order valence-electron chi connectivity index (χ4n) is 2.15. The minimum absolute atomic E-state index is 0.0317. The van der Waals surface area contributed by atoms with Gasteiger partial charge in [-0.05, 0) is 24.3 Å². The molecule has 1 atom stereocenters. The minimum Gasteiger partial charge on any atom is -0.336 e. The van der Waals surface area contributed by atoms with Gasteiger partial charge >= 0.3 is 6.03 Å². The van der Waals surface area contributed by atoms with Crippen LogP contribution in [0, 0.1) is 0 Å². The van der Waals surface area contributed by atoms with Crippen LogP contribution in [0.25, 0.3) is 0 Å². The van der Waals surface area contributed by atoms with E-state index in [4.69, 9.17) is 0 Å². The van der Waals surface area contributed by atoms with Crippen molar-refractivity contribution in [2.45, 2.75) is 31.5 Å². The van der Waals surface area contributed by atoms with E-state index in [-0.39, 0.29) is 11.9 Å². The second-order valence-corrected chi connectivity index (χ2v) is 5.72. The van der Waals surface area contributed by atoms with Crippen molar-refractivity contribution in [2.24, 2.45) is 0 Å². The summed E-state index contributed by atoms with van der Waals surface area (Å²) < 4.78 is 0. The van der Waals surface area contributed by atoms with Gasteiger partial charge in [0.25, 0.3) is 0 Å². The number of carbonyl (C=O) groups is 2. The fraction of sp³-hybridized carbons (Fsp3) is 0.500. The molecule has 0 spiro atoms. The van der Waals surface area contributed by atoms with E-state index in [9.17, 15) is 9.59 Å². The van der Waals surface area contributed by atoms with Gasteiger partial charge in [-0.1, -0.05) is 6.07 Å². The summed E-state index contributed by atoms with van der Waals surface area (Å²) in [7, 11) is 0. The fourth-order valence-corrected chi connectivity index (χ4v) is 2.85. The number of carbonyl (C=O) groups excluding carboxylic acids is 2. The van der Waals surface area contributed by atoms with Gasteiger partial charge in [-0.15, -0.1) is 11.3 Å². The second kappa shape index (κ2) is 4.61. The van der Waals surface area contributed by atoms with Crippen LogP contribution in [0.3, 0.4) is 0 Å². The first-order valence-electron chi connectivity index (χ1n) is 6.11. The number of hydrogen-bond acceptors (Lipinski definition) is 3. The molecule has 18 heavy (non-hydrogen) atoms. The number of nitrogens with one attached hydrogen (secondary N) is 2. The third kappa shape index (κ3) is 2.33. The van der Waals surface area contributed by atoms with Crippen molar-refractivity contribution in [1.29, 1.82) is 0 Å². The zero-order valence-electron chi connectivity index (χ0n) is 9.89. The van der Waals surface area contributed by atoms with Crippen molar-refractivity contribution in [2.75, 3.05) is 6.54 Å². The third-order valence-corrected chi connectivity index (χ3v) is 4.11. The number of hydrogen-bond donors (Lipinski definition) is 2. The van der Waals surface area contributed by atoms with E-state index in [0.717, 1.165) is 12.8 Å². The Morgan fingerprint density at radius 2 is 2.33 bits per heavy atom. The summed E-state index contributed by atoms with van der Waals surface area (Å²) in [5, 5.41) is 7.30. The summed E-state index contributed by atoms with van der Waals surface area (Å²) >= 11 is 1.66. The summed E-state index contributed by atoms with van der Waals surface area (Å²) in [6.07, 6.45) is 2.15. The van der Waals surface area contributed by atoms with Gasteiger partial charge in [0.05, 0.1) is 6.54 Å². The van der Waals surface area contributed by atoms with Crippen LogP contribution < -0.4 is 10.6 Å². The van der Waals surface area contributed by atoms with E-state index in [0.29, 0.717) is 19.1 Å². The summed E-state index contributed by atoms with van der Waals surface area (Å²) in [6.45, 7) is 1.05. The van der Waals surface area contributed by atoms with Crippen molar-refractivity contribution < 1.29 is 9.59 Å². The SMILES string of the molecule is O=C1NC[C@@H](C(=O)N(Cc2cccs2)C2CC2)N1. The maximum atomic E-state index is 12.4. The first kappa shape index (κ1) is 11.5. The lowest BCUT2D eigenvalue weighted by molar-refractivity contribution is -0.133. The van der Waals surface area contributed by atoms with Crippen molar-refractivity contribution >= 4 is 23.3 Å². The highest BCUT2D eigenvalue weighted by Crippen LogP contribution is 2.29. The van der Waals surface area contributed by atoms with E-state index in [1.807, 2.05) is 22.4 Å². The number of nitrogens with zero attached hydrogens (tertiary/aromatic N) is 1. The molecule has 5 nitrogen and oxygen atoms in total. The van der Waals surface area contributed by atoms with Crippen LogP contribution in [0.5, 0.6) is 0 Å². The Labute approximate surface area is 109 Å². The lowest BCUT2D eigenvalue weighted by atomic mass is 10.2. The zero-order valence-corrected chi connectivity index (χ0v) is 10.7. The average Bonchev–Trinajstić information content (AvgIpc) is 2.88. The number of urea groups is 1. The average molecular weight is 265 g/mol. The van der Waals surface area contributed by atoms with E-state index in [1.54, 1.807) is 11.3 Å². The molecule has 0 bridgehead atoms. The molecule has 1 aromatic rings. The molecule has 2 aliphatic rings. The van der Waals surface area contributed by atoms with E-state index in [1.165, 1.54) is 4.88 Å². The van der Waals surface area contributed by atoms with E-state index >= 15 is 0 Å². The normalized spacial score (nSPS) is 22.4. The van der Waals surface area contributed by atoms with Crippen molar-refractivity contribution in [3.8, 4) is 0 Å². The molecule has 0 radical (unpaired) electrons. The lowest BCUT2D eigenvalue weighted by Crippen LogP contribution is -2.46. The Morgan fingerprint density at radius 1 is 1.50 bits per heavy atom. The van der Waals surface area contributed by atoms with Gasteiger partial charge in [-0.25, -0.2) is 4.79 Å². The Kier molecular flexibility index (Phi) is 2.95. The van der Waals surface area contributed by atoms with E-state index in [2.05, 4.69) is 10.6 Å². The van der Waals surface area contributed by atoms with Crippen LogP contribution in [0.2, 0.25) is 0 Å². The molecule has 2 fully saturated rings. The summed E-state index contributed by atoms with van der Waals surface area (Å²) in [6, 6.07) is 3.74. The second-order valence-electron chi connectivity index (χ2n) is 4.68. The molecule has 3 rings (SSSR count). The van der Waals surface area contributed by atoms with Gasteiger partial charge in [0.2, 0.25) is 5.91 Å². The molecule has 1 saturated carbocycles. The first-order chi connectivity index (χ1) is 8.74. The maximum absolute atomic E-state index is 12.4. The smallest absolute Gasteiger partial charge is 0.315 e. The van der Waals surface area contributed by atoms with E-state index < -0.39 is 6.04 Å². The summed E-state index contributed by atoms with van der Waals surface area (Å²) in [5.41, 5.74) is 0. The molecule has 96 valence electrons.